The Morgan fingerprint density at radius 3 is 1.47 bits per heavy atom. The van der Waals surface area contributed by atoms with E-state index in [2.05, 4.69) is 74.6 Å². The van der Waals surface area contributed by atoms with E-state index < -0.39 is 75.7 Å². The monoisotopic (exact) mass is 857 g/mol. The first-order valence-corrected chi connectivity index (χ1v) is 23.6. The van der Waals surface area contributed by atoms with E-state index in [1.165, 1.54) is 32.1 Å². The zero-order valence-corrected chi connectivity index (χ0v) is 36.7. The molecule has 59 heavy (non-hydrogen) atoms. The molecule has 13 nitrogen and oxygen atoms in total. The Morgan fingerprint density at radius 2 is 0.932 bits per heavy atom. The van der Waals surface area contributed by atoms with Crippen molar-refractivity contribution in [1.29, 1.82) is 0 Å². The number of carbonyl (C=O) groups is 2. The van der Waals surface area contributed by atoms with Crippen molar-refractivity contribution < 1.29 is 63.1 Å². The minimum atomic E-state index is -5.13. The fraction of sp³-hybridized carbons (Fsp3) is 0.733. The van der Waals surface area contributed by atoms with Gasteiger partial charge >= 0.3 is 19.8 Å². The van der Waals surface area contributed by atoms with E-state index in [1.807, 2.05) is 0 Å². The van der Waals surface area contributed by atoms with Gasteiger partial charge in [-0.2, -0.15) is 0 Å². The predicted octanol–water partition coefficient (Wildman–Crippen LogP) is 8.16. The van der Waals surface area contributed by atoms with E-state index in [0.29, 0.717) is 12.8 Å². The highest BCUT2D eigenvalue weighted by Crippen LogP contribution is 2.47. The summed E-state index contributed by atoms with van der Waals surface area (Å²) < 4.78 is 33.4. The Morgan fingerprint density at radius 1 is 0.525 bits per heavy atom. The summed E-state index contributed by atoms with van der Waals surface area (Å²) in [6.07, 6.45) is 28.6. The average Bonchev–Trinajstić information content (AvgIpc) is 3.21. The molecule has 0 bridgehead atoms. The Labute approximate surface area is 353 Å². The summed E-state index contributed by atoms with van der Waals surface area (Å²) in [6.45, 7) is 3.17. The van der Waals surface area contributed by atoms with E-state index in [1.54, 1.807) is 0 Å². The van der Waals surface area contributed by atoms with E-state index in [0.717, 1.165) is 83.5 Å². The number of hydrogen-bond donors (Lipinski definition) is 6. The maximum atomic E-state index is 12.8. The lowest BCUT2D eigenvalue weighted by Gasteiger charge is -2.41. The van der Waals surface area contributed by atoms with E-state index in [4.69, 9.17) is 18.5 Å². The van der Waals surface area contributed by atoms with E-state index in [9.17, 15) is 44.6 Å². The summed E-state index contributed by atoms with van der Waals surface area (Å²) >= 11 is 0. The summed E-state index contributed by atoms with van der Waals surface area (Å²) in [4.78, 5) is 35.6. The van der Waals surface area contributed by atoms with Gasteiger partial charge in [-0.15, -0.1) is 0 Å². The van der Waals surface area contributed by atoms with Gasteiger partial charge in [0.05, 0.1) is 6.61 Å². The predicted molar refractivity (Wildman–Crippen MR) is 230 cm³/mol. The molecule has 1 aliphatic rings. The highest BCUT2D eigenvalue weighted by atomic mass is 31.2. The van der Waals surface area contributed by atoms with Crippen molar-refractivity contribution in [3.8, 4) is 0 Å². The number of carbonyl (C=O) groups excluding carboxylic acids is 2. The number of unbranched alkanes of at least 4 members (excludes halogenated alkanes) is 13. The lowest BCUT2D eigenvalue weighted by Crippen LogP contribution is -2.64. The van der Waals surface area contributed by atoms with Gasteiger partial charge in [0.1, 0.15) is 43.2 Å². The van der Waals surface area contributed by atoms with Crippen molar-refractivity contribution in [1.82, 2.24) is 0 Å². The van der Waals surface area contributed by atoms with Gasteiger partial charge in [-0.25, -0.2) is 4.57 Å². The van der Waals surface area contributed by atoms with Gasteiger partial charge in [-0.3, -0.25) is 18.6 Å². The number of aliphatic hydroxyl groups is 5. The minimum absolute atomic E-state index is 0.0760. The van der Waals surface area contributed by atoms with Crippen LogP contribution in [-0.2, 0) is 32.7 Å². The number of rotatable bonds is 35. The smallest absolute Gasteiger partial charge is 0.462 e. The number of hydrogen-bond acceptors (Lipinski definition) is 12. The Kier molecular flexibility index (Phi) is 32.5. The second kappa shape index (κ2) is 35.2. The molecule has 14 heteroatoms. The summed E-state index contributed by atoms with van der Waals surface area (Å²) in [5.74, 6) is -1.15. The molecule has 0 saturated heterocycles. The molecule has 0 amide bonds. The molecule has 6 N–H and O–H groups in total. The summed E-state index contributed by atoms with van der Waals surface area (Å²) in [5.41, 5.74) is 0. The van der Waals surface area contributed by atoms with Gasteiger partial charge < -0.3 is 39.9 Å². The second-order valence-corrected chi connectivity index (χ2v) is 16.6. The van der Waals surface area contributed by atoms with Gasteiger partial charge in [0.2, 0.25) is 0 Å². The van der Waals surface area contributed by atoms with Crippen LogP contribution in [0.2, 0.25) is 0 Å². The number of phosphoric ester groups is 1. The fourth-order valence-electron chi connectivity index (χ4n) is 6.19. The van der Waals surface area contributed by atoms with E-state index >= 15 is 0 Å². The molecule has 0 heterocycles. The summed E-state index contributed by atoms with van der Waals surface area (Å²) in [7, 11) is -5.13. The molecule has 8 atom stereocenters. The second-order valence-electron chi connectivity index (χ2n) is 15.2. The molecule has 6 unspecified atom stereocenters. The number of esters is 2. The average molecular weight is 857 g/mol. The fourth-order valence-corrected chi connectivity index (χ4v) is 7.16. The molecule has 1 rings (SSSR count). The molecule has 0 aliphatic heterocycles. The first-order valence-electron chi connectivity index (χ1n) is 22.1. The summed E-state index contributed by atoms with van der Waals surface area (Å²) in [6, 6.07) is 0. The topological polar surface area (TPSA) is 210 Å². The third-order valence-corrected chi connectivity index (χ3v) is 10.8. The molecule has 1 saturated carbocycles. The SMILES string of the molecule is CCCC/C=C\CCCCCCCC(=O)O[C@H](COC(=O)CCCCC/C=C\C/C=C\C/C=C\C/C=C\CCCCC)COP(=O)(O)OC1C(O)C(O)C(O)[C@@H](O)C1O. The van der Waals surface area contributed by atoms with E-state index in [-0.39, 0.29) is 12.8 Å². The van der Waals surface area contributed by atoms with Crippen molar-refractivity contribution in [2.45, 2.75) is 198 Å². The van der Waals surface area contributed by atoms with Gasteiger partial charge in [0, 0.05) is 12.8 Å². The molecule has 340 valence electrons. The highest BCUT2D eigenvalue weighted by molar-refractivity contribution is 7.47. The van der Waals surface area contributed by atoms with Crippen molar-refractivity contribution in [3.63, 3.8) is 0 Å². The standard InChI is InChI=1S/C45H77O13P/c1-3-5-7-9-11-13-15-16-17-18-19-20-21-22-24-25-27-29-31-33-38(46)55-35-37(57-39(47)34-32-30-28-26-23-14-12-10-8-6-4-2)36-56-59(53,54)58-45-43(51)41(49)40(48)42(50)44(45)52/h10-13,16-17,19-20,22,24,37,40-45,48-52H,3-9,14-15,18,21,23,25-36H2,1-2H3,(H,53,54)/b12-10-,13-11-,17-16-,20-19-,24-22-/t37-,40?,41-,42?,43?,44?,45?/m1/s1. The molecular formula is C45H77O13P. The Hall–Kier alpha value is -2.45. The zero-order chi connectivity index (χ0) is 43.6. The number of ether oxygens (including phenoxy) is 2. The van der Waals surface area contributed by atoms with Crippen LogP contribution < -0.4 is 0 Å². The van der Waals surface area contributed by atoms with Crippen LogP contribution in [0.4, 0.5) is 0 Å². The van der Waals surface area contributed by atoms with Crippen LogP contribution in [-0.4, -0.2) is 98.3 Å². The molecule has 0 radical (unpaired) electrons. The molecular weight excluding hydrogens is 779 g/mol. The largest absolute Gasteiger partial charge is 0.472 e. The van der Waals surface area contributed by atoms with Crippen LogP contribution in [0.3, 0.4) is 0 Å². The van der Waals surface area contributed by atoms with Crippen molar-refractivity contribution in [2.75, 3.05) is 13.2 Å². The third kappa shape index (κ3) is 27.9. The first kappa shape index (κ1) is 54.6. The van der Waals surface area contributed by atoms with Crippen molar-refractivity contribution in [2.24, 2.45) is 0 Å². The van der Waals surface area contributed by atoms with Crippen LogP contribution >= 0.6 is 7.82 Å². The quantitative estimate of drug-likeness (QED) is 0.0154. The van der Waals surface area contributed by atoms with Crippen LogP contribution in [0, 0.1) is 0 Å². The van der Waals surface area contributed by atoms with Crippen molar-refractivity contribution in [3.05, 3.63) is 60.8 Å². The maximum absolute atomic E-state index is 12.8. The molecule has 0 aromatic heterocycles. The van der Waals surface area contributed by atoms with Gasteiger partial charge in [-0.1, -0.05) is 126 Å². The van der Waals surface area contributed by atoms with Gasteiger partial charge in [0.25, 0.3) is 0 Å². The molecule has 1 aliphatic carbocycles. The molecule has 1 fully saturated rings. The summed E-state index contributed by atoms with van der Waals surface area (Å²) in [5, 5.41) is 50.0. The lowest BCUT2D eigenvalue weighted by molar-refractivity contribution is -0.220. The van der Waals surface area contributed by atoms with Gasteiger partial charge in [-0.05, 0) is 77.0 Å². The van der Waals surface area contributed by atoms with Crippen molar-refractivity contribution >= 4 is 19.8 Å². The van der Waals surface area contributed by atoms with Crippen LogP contribution in [0.15, 0.2) is 60.8 Å². The lowest BCUT2D eigenvalue weighted by atomic mass is 9.85. The van der Waals surface area contributed by atoms with Crippen LogP contribution in [0.1, 0.15) is 155 Å². The first-order chi connectivity index (χ1) is 28.4. The zero-order valence-electron chi connectivity index (χ0n) is 35.8. The Balaban J connectivity index is 2.49. The molecule has 0 aromatic rings. The Bertz CT molecular complexity index is 1270. The number of allylic oxidation sites excluding steroid dienone is 10. The van der Waals surface area contributed by atoms with Crippen LogP contribution in [0.5, 0.6) is 0 Å². The highest BCUT2D eigenvalue weighted by Gasteiger charge is 2.51. The van der Waals surface area contributed by atoms with Crippen LogP contribution in [0.25, 0.3) is 0 Å². The van der Waals surface area contributed by atoms with Gasteiger partial charge in [0.15, 0.2) is 6.10 Å². The number of phosphoric acid groups is 1. The molecule has 0 spiro atoms. The third-order valence-electron chi connectivity index (χ3n) is 9.83. The number of aliphatic hydroxyl groups excluding tert-OH is 5. The maximum Gasteiger partial charge on any atom is 0.472 e. The normalized spacial score (nSPS) is 22.9. The minimum Gasteiger partial charge on any atom is -0.462 e. The molecule has 0 aromatic carbocycles.